The van der Waals surface area contributed by atoms with Crippen molar-refractivity contribution in [1.82, 2.24) is 15.0 Å². The molecule has 1 saturated heterocycles. The zero-order valence-corrected chi connectivity index (χ0v) is 12.9. The second kappa shape index (κ2) is 6.69. The lowest BCUT2D eigenvalue weighted by Crippen LogP contribution is -2.40. The Hall–Kier alpha value is -1.23. The average Bonchev–Trinajstić information content (AvgIpc) is 3.10. The van der Waals surface area contributed by atoms with Crippen molar-refractivity contribution in [2.24, 2.45) is 5.92 Å². The van der Waals surface area contributed by atoms with E-state index >= 15 is 0 Å². The minimum Gasteiger partial charge on any atom is -0.338 e. The maximum absolute atomic E-state index is 12.2. The average molecular weight is 291 g/mol. The zero-order chi connectivity index (χ0) is 14.7. The predicted octanol–water partition coefficient (Wildman–Crippen LogP) is 2.75. The summed E-state index contributed by atoms with van der Waals surface area (Å²) in [7, 11) is 0. The van der Waals surface area contributed by atoms with Gasteiger partial charge in [-0.2, -0.15) is 4.98 Å². The Morgan fingerprint density at radius 3 is 3.00 bits per heavy atom. The van der Waals surface area contributed by atoms with Gasteiger partial charge in [-0.05, 0) is 38.6 Å². The number of hydrogen-bond acceptors (Lipinski definition) is 5. The van der Waals surface area contributed by atoms with Crippen LogP contribution >= 0.6 is 0 Å². The van der Waals surface area contributed by atoms with E-state index in [0.29, 0.717) is 24.3 Å². The molecule has 2 fully saturated rings. The summed E-state index contributed by atoms with van der Waals surface area (Å²) in [5, 5.41) is 4.02. The van der Waals surface area contributed by atoms with Crippen LogP contribution in [0.15, 0.2) is 4.52 Å². The first kappa shape index (κ1) is 14.7. The third-order valence-electron chi connectivity index (χ3n) is 4.80. The SMILES string of the molecule is CCCc1noc(CN2CCCC2C2CCCCC2=O)n1. The Bertz CT molecular complexity index is 486. The fraction of sp³-hybridized carbons (Fsp3) is 0.812. The molecule has 3 rings (SSSR count). The number of ketones is 1. The first-order valence-electron chi connectivity index (χ1n) is 8.36. The topological polar surface area (TPSA) is 59.2 Å². The number of hydrogen-bond donors (Lipinski definition) is 0. The normalized spacial score (nSPS) is 27.4. The molecular weight excluding hydrogens is 266 g/mol. The van der Waals surface area contributed by atoms with Crippen LogP contribution in [0.1, 0.15) is 63.6 Å². The van der Waals surface area contributed by atoms with Crippen molar-refractivity contribution >= 4 is 5.78 Å². The third kappa shape index (κ3) is 3.34. The number of likely N-dealkylation sites (tertiary alicyclic amines) is 1. The highest BCUT2D eigenvalue weighted by Crippen LogP contribution is 2.33. The van der Waals surface area contributed by atoms with E-state index in [4.69, 9.17) is 4.52 Å². The van der Waals surface area contributed by atoms with Crippen LogP contribution in [0.4, 0.5) is 0 Å². The van der Waals surface area contributed by atoms with Crippen molar-refractivity contribution in [2.45, 2.75) is 70.9 Å². The van der Waals surface area contributed by atoms with Gasteiger partial charge in [0, 0.05) is 24.8 Å². The first-order valence-corrected chi connectivity index (χ1v) is 8.36. The maximum atomic E-state index is 12.2. The number of carbonyl (C=O) groups is 1. The van der Waals surface area contributed by atoms with Gasteiger partial charge in [0.1, 0.15) is 5.78 Å². The van der Waals surface area contributed by atoms with Crippen molar-refractivity contribution in [3.8, 4) is 0 Å². The molecule has 0 aromatic carbocycles. The number of aryl methyl sites for hydroxylation is 1. The number of rotatable bonds is 5. The van der Waals surface area contributed by atoms with Crippen LogP contribution in [0.2, 0.25) is 0 Å². The van der Waals surface area contributed by atoms with E-state index in [9.17, 15) is 4.79 Å². The Morgan fingerprint density at radius 1 is 1.29 bits per heavy atom. The molecule has 5 nitrogen and oxygen atoms in total. The van der Waals surface area contributed by atoms with Gasteiger partial charge in [-0.3, -0.25) is 9.69 Å². The molecule has 21 heavy (non-hydrogen) atoms. The summed E-state index contributed by atoms with van der Waals surface area (Å²) >= 11 is 0. The summed E-state index contributed by atoms with van der Waals surface area (Å²) in [6, 6.07) is 0.388. The minimum atomic E-state index is 0.235. The molecular formula is C16H25N3O2. The second-order valence-electron chi connectivity index (χ2n) is 6.35. The number of aromatic nitrogens is 2. The van der Waals surface area contributed by atoms with E-state index in [-0.39, 0.29) is 5.92 Å². The summed E-state index contributed by atoms with van der Waals surface area (Å²) in [5.41, 5.74) is 0. The van der Waals surface area contributed by atoms with Gasteiger partial charge in [0.15, 0.2) is 5.82 Å². The number of nitrogens with zero attached hydrogens (tertiary/aromatic N) is 3. The van der Waals surface area contributed by atoms with Gasteiger partial charge >= 0.3 is 0 Å². The molecule has 0 bridgehead atoms. The van der Waals surface area contributed by atoms with E-state index in [1.807, 2.05) is 0 Å². The molecule has 2 unspecified atom stereocenters. The van der Waals surface area contributed by atoms with Crippen LogP contribution < -0.4 is 0 Å². The van der Waals surface area contributed by atoms with Gasteiger partial charge in [0.2, 0.25) is 5.89 Å². The van der Waals surface area contributed by atoms with Crippen molar-refractivity contribution in [3.05, 3.63) is 11.7 Å². The molecule has 0 spiro atoms. The predicted molar refractivity (Wildman–Crippen MR) is 78.7 cm³/mol. The van der Waals surface area contributed by atoms with Crippen molar-refractivity contribution in [1.29, 1.82) is 0 Å². The van der Waals surface area contributed by atoms with E-state index in [1.165, 1.54) is 12.8 Å². The molecule has 1 aliphatic heterocycles. The van der Waals surface area contributed by atoms with Crippen molar-refractivity contribution < 1.29 is 9.32 Å². The Morgan fingerprint density at radius 2 is 2.19 bits per heavy atom. The summed E-state index contributed by atoms with van der Waals surface area (Å²) < 4.78 is 5.35. The molecule has 0 amide bonds. The zero-order valence-electron chi connectivity index (χ0n) is 12.9. The Labute approximate surface area is 126 Å². The largest absolute Gasteiger partial charge is 0.338 e. The van der Waals surface area contributed by atoms with E-state index < -0.39 is 0 Å². The fourth-order valence-corrected chi connectivity index (χ4v) is 3.77. The summed E-state index contributed by atoms with van der Waals surface area (Å²) in [6.45, 7) is 3.85. The lowest BCUT2D eigenvalue weighted by Gasteiger charge is -2.32. The molecule has 1 aromatic heterocycles. The van der Waals surface area contributed by atoms with Gasteiger partial charge in [-0.1, -0.05) is 18.5 Å². The van der Waals surface area contributed by atoms with E-state index in [2.05, 4.69) is 22.0 Å². The third-order valence-corrected chi connectivity index (χ3v) is 4.80. The van der Waals surface area contributed by atoms with Gasteiger partial charge in [0.05, 0.1) is 6.54 Å². The maximum Gasteiger partial charge on any atom is 0.240 e. The van der Waals surface area contributed by atoms with Gasteiger partial charge in [0.25, 0.3) is 0 Å². The molecule has 1 aromatic rings. The summed E-state index contributed by atoms with van der Waals surface area (Å²) in [5.74, 6) is 2.21. The Kier molecular flexibility index (Phi) is 4.68. The van der Waals surface area contributed by atoms with Crippen molar-refractivity contribution in [2.75, 3.05) is 6.54 Å². The van der Waals surface area contributed by atoms with E-state index in [0.717, 1.165) is 50.9 Å². The van der Waals surface area contributed by atoms with Gasteiger partial charge in [-0.25, -0.2) is 0 Å². The van der Waals surface area contributed by atoms with Crippen LogP contribution in [0.3, 0.4) is 0 Å². The van der Waals surface area contributed by atoms with Crippen LogP contribution in [0.25, 0.3) is 0 Å². The molecule has 2 atom stereocenters. The Balaban J connectivity index is 1.64. The molecule has 1 saturated carbocycles. The highest BCUT2D eigenvalue weighted by Gasteiger charge is 2.37. The smallest absolute Gasteiger partial charge is 0.240 e. The summed E-state index contributed by atoms with van der Waals surface area (Å²) in [4.78, 5) is 19.0. The molecule has 2 aliphatic rings. The lowest BCUT2D eigenvalue weighted by molar-refractivity contribution is -0.126. The molecule has 1 aliphatic carbocycles. The van der Waals surface area contributed by atoms with Crippen LogP contribution in [0, 0.1) is 5.92 Å². The highest BCUT2D eigenvalue weighted by atomic mass is 16.5. The monoisotopic (exact) mass is 291 g/mol. The quantitative estimate of drug-likeness (QED) is 0.835. The number of Topliss-reactive ketones (excluding diaryl/α,β-unsaturated/α-hetero) is 1. The highest BCUT2D eigenvalue weighted by molar-refractivity contribution is 5.82. The lowest BCUT2D eigenvalue weighted by atomic mass is 9.82. The fourth-order valence-electron chi connectivity index (χ4n) is 3.77. The molecule has 116 valence electrons. The van der Waals surface area contributed by atoms with Crippen LogP contribution in [-0.2, 0) is 17.8 Å². The first-order chi connectivity index (χ1) is 10.3. The number of carbonyl (C=O) groups excluding carboxylic acids is 1. The minimum absolute atomic E-state index is 0.235. The molecule has 5 heteroatoms. The molecule has 2 heterocycles. The van der Waals surface area contributed by atoms with Crippen LogP contribution in [-0.4, -0.2) is 33.4 Å². The van der Waals surface area contributed by atoms with Crippen LogP contribution in [0.5, 0.6) is 0 Å². The van der Waals surface area contributed by atoms with Gasteiger partial charge in [-0.15, -0.1) is 0 Å². The summed E-state index contributed by atoms with van der Waals surface area (Å²) in [6.07, 6.45) is 8.31. The van der Waals surface area contributed by atoms with E-state index in [1.54, 1.807) is 0 Å². The molecule has 0 radical (unpaired) electrons. The van der Waals surface area contributed by atoms with Gasteiger partial charge < -0.3 is 4.52 Å². The van der Waals surface area contributed by atoms with Crippen molar-refractivity contribution in [3.63, 3.8) is 0 Å². The second-order valence-corrected chi connectivity index (χ2v) is 6.35. The standard InChI is InChI=1S/C16H25N3O2/c1-2-6-15-17-16(21-18-15)11-19-10-5-8-13(19)12-7-3-4-9-14(12)20/h12-13H,2-11H2,1H3. The molecule has 0 N–H and O–H groups in total.